The molecule has 0 aromatic heterocycles. The van der Waals surface area contributed by atoms with Crippen molar-refractivity contribution in [1.29, 1.82) is 0 Å². The highest BCUT2D eigenvalue weighted by molar-refractivity contribution is 14.1. The number of ether oxygens (including phenoxy) is 2. The summed E-state index contributed by atoms with van der Waals surface area (Å²) in [7, 11) is 1.44. The number of hydrogen-bond donors (Lipinski definition) is 3. The number of benzene rings is 2. The first-order chi connectivity index (χ1) is 13.9. The lowest BCUT2D eigenvalue weighted by Gasteiger charge is -2.14. The maximum Gasteiger partial charge on any atom is 0.326 e. The standard InChI is InChI=1S/C19H15FIN3O5/c1-28-15-8-10(7-14-18(26)24-19(27)23-14)6-13(21)17(15)29-9-16(25)22-12-4-2-11(20)3-5-12/h2-8H,9H2,1H3,(H,22,25)(H2,23,24,26,27)/b14-7+. The molecule has 0 aliphatic carbocycles. The van der Waals surface area contributed by atoms with Crippen LogP contribution >= 0.6 is 22.6 Å². The van der Waals surface area contributed by atoms with Gasteiger partial charge in [-0.1, -0.05) is 0 Å². The number of carbonyl (C=O) groups excluding carboxylic acids is 3. The monoisotopic (exact) mass is 511 g/mol. The van der Waals surface area contributed by atoms with E-state index in [-0.39, 0.29) is 12.3 Å². The predicted octanol–water partition coefficient (Wildman–Crippen LogP) is 2.64. The quantitative estimate of drug-likeness (QED) is 0.314. The fourth-order valence-electron chi connectivity index (χ4n) is 2.48. The summed E-state index contributed by atoms with van der Waals surface area (Å²) in [6.45, 7) is -0.289. The third-order valence-corrected chi connectivity index (χ3v) is 4.56. The molecule has 1 heterocycles. The summed E-state index contributed by atoms with van der Waals surface area (Å²) >= 11 is 2.01. The number of hydrogen-bond acceptors (Lipinski definition) is 5. The molecule has 0 spiro atoms. The average Bonchev–Trinajstić information content (AvgIpc) is 2.99. The molecular formula is C19H15FIN3O5. The van der Waals surface area contributed by atoms with Gasteiger partial charge in [-0.15, -0.1) is 0 Å². The van der Waals surface area contributed by atoms with Crippen LogP contribution in [-0.4, -0.2) is 31.6 Å². The Bertz CT molecular complexity index is 1010. The van der Waals surface area contributed by atoms with Gasteiger partial charge in [0, 0.05) is 5.69 Å². The molecular weight excluding hydrogens is 496 g/mol. The van der Waals surface area contributed by atoms with Crippen molar-refractivity contribution in [1.82, 2.24) is 10.6 Å². The Labute approximate surface area is 178 Å². The van der Waals surface area contributed by atoms with Crippen molar-refractivity contribution < 1.29 is 28.2 Å². The number of methoxy groups -OCH3 is 1. The van der Waals surface area contributed by atoms with E-state index in [0.29, 0.717) is 26.3 Å². The number of halogens is 2. The van der Waals surface area contributed by atoms with Crippen LogP contribution in [0.5, 0.6) is 11.5 Å². The Hall–Kier alpha value is -3.15. The van der Waals surface area contributed by atoms with E-state index in [0.717, 1.165) is 0 Å². The summed E-state index contributed by atoms with van der Waals surface area (Å²) in [6, 6.07) is 8.09. The molecule has 150 valence electrons. The minimum Gasteiger partial charge on any atom is -0.493 e. The van der Waals surface area contributed by atoms with Gasteiger partial charge >= 0.3 is 6.03 Å². The second-order valence-electron chi connectivity index (χ2n) is 5.84. The van der Waals surface area contributed by atoms with Gasteiger partial charge in [0.05, 0.1) is 10.7 Å². The van der Waals surface area contributed by atoms with Crippen LogP contribution in [0.25, 0.3) is 6.08 Å². The molecule has 1 saturated heterocycles. The maximum atomic E-state index is 12.9. The van der Waals surface area contributed by atoms with Crippen LogP contribution in [0.4, 0.5) is 14.9 Å². The van der Waals surface area contributed by atoms with Gasteiger partial charge in [0.15, 0.2) is 18.1 Å². The fraction of sp³-hybridized carbons (Fsp3) is 0.105. The molecule has 0 bridgehead atoms. The highest BCUT2D eigenvalue weighted by Crippen LogP contribution is 2.34. The zero-order valence-corrected chi connectivity index (χ0v) is 17.2. The molecule has 1 aliphatic heterocycles. The Balaban J connectivity index is 1.71. The van der Waals surface area contributed by atoms with Gasteiger partial charge in [0.1, 0.15) is 11.5 Å². The van der Waals surface area contributed by atoms with Crippen molar-refractivity contribution in [2.24, 2.45) is 0 Å². The van der Waals surface area contributed by atoms with Crippen molar-refractivity contribution in [2.75, 3.05) is 19.0 Å². The number of imide groups is 1. The van der Waals surface area contributed by atoms with Crippen LogP contribution in [0.1, 0.15) is 5.56 Å². The van der Waals surface area contributed by atoms with Gasteiger partial charge in [0.2, 0.25) is 0 Å². The molecule has 8 nitrogen and oxygen atoms in total. The predicted molar refractivity (Wildman–Crippen MR) is 111 cm³/mol. The molecule has 4 amide bonds. The van der Waals surface area contributed by atoms with Crippen LogP contribution < -0.4 is 25.4 Å². The lowest BCUT2D eigenvalue weighted by atomic mass is 10.1. The molecule has 0 unspecified atom stereocenters. The molecule has 0 saturated carbocycles. The Kier molecular flexibility index (Phi) is 6.32. The van der Waals surface area contributed by atoms with Gasteiger partial charge < -0.3 is 20.1 Å². The molecule has 2 aromatic carbocycles. The van der Waals surface area contributed by atoms with E-state index < -0.39 is 23.7 Å². The third kappa shape index (κ3) is 5.22. The molecule has 0 radical (unpaired) electrons. The molecule has 10 heteroatoms. The maximum absolute atomic E-state index is 12.9. The first-order valence-corrected chi connectivity index (χ1v) is 9.33. The highest BCUT2D eigenvalue weighted by atomic mass is 127. The van der Waals surface area contributed by atoms with Crippen LogP contribution in [0.3, 0.4) is 0 Å². The Morgan fingerprint density at radius 1 is 1.21 bits per heavy atom. The first-order valence-electron chi connectivity index (χ1n) is 8.25. The summed E-state index contributed by atoms with van der Waals surface area (Å²) in [6.07, 6.45) is 1.50. The van der Waals surface area contributed by atoms with Gasteiger partial charge in [-0.2, -0.15) is 0 Å². The van der Waals surface area contributed by atoms with Gasteiger partial charge in [-0.3, -0.25) is 14.9 Å². The second kappa shape index (κ2) is 8.90. The molecule has 1 fully saturated rings. The van der Waals surface area contributed by atoms with E-state index in [9.17, 15) is 18.8 Å². The molecule has 3 N–H and O–H groups in total. The van der Waals surface area contributed by atoms with E-state index in [1.165, 1.54) is 37.5 Å². The number of amides is 4. The number of carbonyl (C=O) groups is 3. The summed E-state index contributed by atoms with van der Waals surface area (Å²) in [5, 5.41) is 7.12. The molecule has 29 heavy (non-hydrogen) atoms. The van der Waals surface area contributed by atoms with Crippen molar-refractivity contribution in [3.63, 3.8) is 0 Å². The number of rotatable bonds is 6. The zero-order chi connectivity index (χ0) is 21.0. The van der Waals surface area contributed by atoms with Gasteiger partial charge in [-0.25, -0.2) is 9.18 Å². The second-order valence-corrected chi connectivity index (χ2v) is 7.01. The van der Waals surface area contributed by atoms with E-state index in [1.54, 1.807) is 12.1 Å². The lowest BCUT2D eigenvalue weighted by Crippen LogP contribution is -2.22. The summed E-state index contributed by atoms with van der Waals surface area (Å²) < 4.78 is 24.5. The third-order valence-electron chi connectivity index (χ3n) is 3.76. The topological polar surface area (TPSA) is 106 Å². The Morgan fingerprint density at radius 2 is 1.93 bits per heavy atom. The normalized spacial score (nSPS) is 14.4. The molecule has 0 atom stereocenters. The summed E-state index contributed by atoms with van der Waals surface area (Å²) in [5.41, 5.74) is 1.16. The van der Waals surface area contributed by atoms with Crippen LogP contribution in [0.2, 0.25) is 0 Å². The Morgan fingerprint density at radius 3 is 2.55 bits per heavy atom. The number of nitrogens with one attached hydrogen (secondary N) is 3. The first kappa shape index (κ1) is 20.6. The van der Waals surface area contributed by atoms with Crippen molar-refractivity contribution >= 4 is 52.2 Å². The van der Waals surface area contributed by atoms with Crippen molar-refractivity contribution in [3.8, 4) is 11.5 Å². The van der Waals surface area contributed by atoms with Crippen molar-refractivity contribution in [2.45, 2.75) is 0 Å². The average molecular weight is 511 g/mol. The molecule has 1 aliphatic rings. The van der Waals surface area contributed by atoms with Crippen LogP contribution in [-0.2, 0) is 9.59 Å². The zero-order valence-electron chi connectivity index (χ0n) is 15.0. The van der Waals surface area contributed by atoms with E-state index in [1.807, 2.05) is 22.6 Å². The van der Waals surface area contributed by atoms with E-state index in [2.05, 4.69) is 16.0 Å². The van der Waals surface area contributed by atoms with Gasteiger partial charge in [0.25, 0.3) is 11.8 Å². The van der Waals surface area contributed by atoms with Crippen LogP contribution in [0, 0.1) is 9.39 Å². The fourth-order valence-corrected chi connectivity index (χ4v) is 3.26. The van der Waals surface area contributed by atoms with E-state index >= 15 is 0 Å². The smallest absolute Gasteiger partial charge is 0.326 e. The van der Waals surface area contributed by atoms with Gasteiger partial charge in [-0.05, 0) is 70.6 Å². The summed E-state index contributed by atoms with van der Waals surface area (Å²) in [5.74, 6) is -0.650. The highest BCUT2D eigenvalue weighted by Gasteiger charge is 2.23. The lowest BCUT2D eigenvalue weighted by molar-refractivity contribution is -0.118. The minimum atomic E-state index is -0.588. The van der Waals surface area contributed by atoms with E-state index in [4.69, 9.17) is 9.47 Å². The minimum absolute atomic E-state index is 0.111. The number of anilines is 1. The van der Waals surface area contributed by atoms with Crippen LogP contribution in [0.15, 0.2) is 42.1 Å². The summed E-state index contributed by atoms with van der Waals surface area (Å²) in [4.78, 5) is 34.9. The molecule has 3 rings (SSSR count). The molecule has 2 aromatic rings. The SMILES string of the molecule is COc1cc(/C=C2/NC(=O)NC2=O)cc(I)c1OCC(=O)Nc1ccc(F)cc1. The largest absolute Gasteiger partial charge is 0.493 e. The number of urea groups is 1. The van der Waals surface area contributed by atoms with Crippen molar-refractivity contribution in [3.05, 3.63) is 57.0 Å².